The number of aromatic nitrogens is 1. The van der Waals surface area contributed by atoms with Crippen LogP contribution in [0, 0.1) is 13.8 Å². The number of aryl methyl sites for hydroxylation is 2. The normalized spacial score (nSPS) is 10.6. The molecule has 0 aliphatic carbocycles. The van der Waals surface area contributed by atoms with E-state index in [1.165, 1.54) is 11.1 Å². The summed E-state index contributed by atoms with van der Waals surface area (Å²) in [5.41, 5.74) is 5.54. The molecule has 0 fully saturated rings. The molecule has 0 saturated heterocycles. The maximum Gasteiger partial charge on any atom is 0.156 e. The molecule has 0 saturated carbocycles. The minimum absolute atomic E-state index is 0.628. The summed E-state index contributed by atoms with van der Waals surface area (Å²) < 4.78 is 5.39. The lowest BCUT2D eigenvalue weighted by Gasteiger charge is -2.06. The van der Waals surface area contributed by atoms with Gasteiger partial charge in [-0.15, -0.1) is 0 Å². The van der Waals surface area contributed by atoms with Crippen LogP contribution in [-0.2, 0) is 6.54 Å². The number of benzene rings is 2. The van der Waals surface area contributed by atoms with Crippen molar-refractivity contribution in [3.63, 3.8) is 0 Å². The number of anilines is 1. The van der Waals surface area contributed by atoms with Gasteiger partial charge >= 0.3 is 0 Å². The van der Waals surface area contributed by atoms with Crippen molar-refractivity contribution in [2.45, 2.75) is 20.4 Å². The Hall–Kier alpha value is -2.55. The monoisotopic (exact) mass is 278 g/mol. The fraction of sp³-hybridized carbons (Fsp3) is 0.167. The van der Waals surface area contributed by atoms with Gasteiger partial charge in [0.15, 0.2) is 5.76 Å². The van der Waals surface area contributed by atoms with E-state index in [2.05, 4.69) is 42.5 Å². The number of hydrogen-bond acceptors (Lipinski definition) is 3. The fourth-order valence-corrected chi connectivity index (χ4v) is 2.41. The van der Waals surface area contributed by atoms with E-state index in [-0.39, 0.29) is 0 Å². The summed E-state index contributed by atoms with van der Waals surface area (Å²) in [6.45, 7) is 4.82. The van der Waals surface area contributed by atoms with Crippen LogP contribution in [0.2, 0.25) is 0 Å². The fourth-order valence-electron chi connectivity index (χ4n) is 2.41. The number of rotatable bonds is 4. The van der Waals surface area contributed by atoms with Crippen molar-refractivity contribution in [3.8, 4) is 11.3 Å². The van der Waals surface area contributed by atoms with Crippen LogP contribution < -0.4 is 5.32 Å². The average molecular weight is 278 g/mol. The second-order valence-electron chi connectivity index (χ2n) is 5.27. The molecule has 3 rings (SSSR count). The molecule has 0 spiro atoms. The molecule has 0 unspecified atom stereocenters. The van der Waals surface area contributed by atoms with Gasteiger partial charge in [-0.2, -0.15) is 0 Å². The van der Waals surface area contributed by atoms with Gasteiger partial charge < -0.3 is 9.84 Å². The third-order valence-corrected chi connectivity index (χ3v) is 3.32. The first-order valence-corrected chi connectivity index (χ1v) is 7.04. The summed E-state index contributed by atoms with van der Waals surface area (Å²) in [5.74, 6) is 0.827. The zero-order chi connectivity index (χ0) is 14.7. The van der Waals surface area contributed by atoms with Gasteiger partial charge in [-0.3, -0.25) is 0 Å². The second kappa shape index (κ2) is 5.83. The molecule has 21 heavy (non-hydrogen) atoms. The molecule has 0 bridgehead atoms. The first kappa shape index (κ1) is 13.4. The Morgan fingerprint density at radius 1 is 0.952 bits per heavy atom. The van der Waals surface area contributed by atoms with E-state index in [1.807, 2.05) is 36.4 Å². The van der Waals surface area contributed by atoms with Gasteiger partial charge in [0, 0.05) is 17.3 Å². The van der Waals surface area contributed by atoms with Crippen molar-refractivity contribution in [1.82, 2.24) is 5.16 Å². The quantitative estimate of drug-likeness (QED) is 0.759. The number of nitrogens with zero attached hydrogens (tertiary/aromatic N) is 1. The summed E-state index contributed by atoms with van der Waals surface area (Å²) in [5, 5.41) is 7.49. The van der Waals surface area contributed by atoms with Crippen molar-refractivity contribution < 1.29 is 4.52 Å². The minimum atomic E-state index is 0.628. The second-order valence-corrected chi connectivity index (χ2v) is 5.27. The van der Waals surface area contributed by atoms with Crippen LogP contribution in [0.15, 0.2) is 59.1 Å². The number of hydrogen-bond donors (Lipinski definition) is 1. The molecule has 0 atom stereocenters. The predicted octanol–water partition coefficient (Wildman–Crippen LogP) is 4.57. The van der Waals surface area contributed by atoms with Gasteiger partial charge in [-0.25, -0.2) is 0 Å². The lowest BCUT2D eigenvalue weighted by molar-refractivity contribution is 0.390. The first-order chi connectivity index (χ1) is 10.2. The molecule has 1 N–H and O–H groups in total. The van der Waals surface area contributed by atoms with E-state index in [0.29, 0.717) is 6.54 Å². The van der Waals surface area contributed by atoms with Crippen molar-refractivity contribution in [2.75, 3.05) is 5.32 Å². The zero-order valence-electron chi connectivity index (χ0n) is 12.3. The van der Waals surface area contributed by atoms with E-state index < -0.39 is 0 Å². The van der Waals surface area contributed by atoms with Crippen LogP contribution in [0.5, 0.6) is 0 Å². The predicted molar refractivity (Wildman–Crippen MR) is 85.2 cm³/mol. The highest BCUT2D eigenvalue weighted by Crippen LogP contribution is 2.20. The van der Waals surface area contributed by atoms with Gasteiger partial charge in [0.25, 0.3) is 0 Å². The molecule has 0 aliphatic rings. The van der Waals surface area contributed by atoms with Crippen LogP contribution in [-0.4, -0.2) is 5.16 Å². The molecule has 3 heteroatoms. The molecule has 3 aromatic rings. The summed E-state index contributed by atoms with van der Waals surface area (Å²) in [4.78, 5) is 0. The standard InChI is InChI=1S/C18H18N2O/c1-13-8-14(2)10-16(9-13)19-12-17-11-18(20-21-17)15-6-4-3-5-7-15/h3-11,19H,12H2,1-2H3. The van der Waals surface area contributed by atoms with Crippen molar-refractivity contribution in [2.24, 2.45) is 0 Å². The van der Waals surface area contributed by atoms with E-state index in [0.717, 1.165) is 22.7 Å². The van der Waals surface area contributed by atoms with E-state index in [9.17, 15) is 0 Å². The van der Waals surface area contributed by atoms with Gasteiger partial charge in [0.05, 0.1) is 6.54 Å². The Bertz CT molecular complexity index is 712. The third kappa shape index (κ3) is 3.31. The lowest BCUT2D eigenvalue weighted by atomic mass is 10.1. The Balaban J connectivity index is 1.70. The maximum atomic E-state index is 5.39. The lowest BCUT2D eigenvalue weighted by Crippen LogP contribution is -1.98. The highest BCUT2D eigenvalue weighted by Gasteiger charge is 2.06. The van der Waals surface area contributed by atoms with Crippen molar-refractivity contribution in [3.05, 3.63) is 71.5 Å². The highest BCUT2D eigenvalue weighted by molar-refractivity contribution is 5.58. The smallest absolute Gasteiger partial charge is 0.156 e. The largest absolute Gasteiger partial charge is 0.378 e. The number of nitrogens with one attached hydrogen (secondary N) is 1. The van der Waals surface area contributed by atoms with Gasteiger partial charge in [-0.1, -0.05) is 41.6 Å². The van der Waals surface area contributed by atoms with Crippen LogP contribution in [0.4, 0.5) is 5.69 Å². The summed E-state index contributed by atoms with van der Waals surface area (Å²) in [6.07, 6.45) is 0. The van der Waals surface area contributed by atoms with Gasteiger partial charge in [0.2, 0.25) is 0 Å². The Labute approximate surface area is 124 Å². The average Bonchev–Trinajstić information content (AvgIpc) is 2.94. The molecule has 1 aromatic heterocycles. The Kier molecular flexibility index (Phi) is 3.73. The molecule has 0 aliphatic heterocycles. The molecule has 106 valence electrons. The topological polar surface area (TPSA) is 38.1 Å². The van der Waals surface area contributed by atoms with E-state index in [1.54, 1.807) is 0 Å². The van der Waals surface area contributed by atoms with Crippen molar-refractivity contribution in [1.29, 1.82) is 0 Å². The zero-order valence-corrected chi connectivity index (χ0v) is 12.3. The third-order valence-electron chi connectivity index (χ3n) is 3.32. The summed E-state index contributed by atoms with van der Waals surface area (Å²) >= 11 is 0. The van der Waals surface area contributed by atoms with E-state index in [4.69, 9.17) is 4.52 Å². The molecule has 0 amide bonds. The molecule has 2 aromatic carbocycles. The van der Waals surface area contributed by atoms with Gasteiger partial charge in [-0.05, 0) is 37.1 Å². The molecule has 0 radical (unpaired) electrons. The van der Waals surface area contributed by atoms with Gasteiger partial charge in [0.1, 0.15) is 5.69 Å². The molecular formula is C18H18N2O. The molecular weight excluding hydrogens is 260 g/mol. The van der Waals surface area contributed by atoms with Crippen LogP contribution >= 0.6 is 0 Å². The molecule has 1 heterocycles. The Morgan fingerprint density at radius 2 is 1.67 bits per heavy atom. The SMILES string of the molecule is Cc1cc(C)cc(NCc2cc(-c3ccccc3)no2)c1. The molecule has 3 nitrogen and oxygen atoms in total. The van der Waals surface area contributed by atoms with Crippen LogP contribution in [0.25, 0.3) is 11.3 Å². The van der Waals surface area contributed by atoms with E-state index >= 15 is 0 Å². The summed E-state index contributed by atoms with van der Waals surface area (Å²) in [6, 6.07) is 18.4. The maximum absolute atomic E-state index is 5.39. The van der Waals surface area contributed by atoms with Crippen LogP contribution in [0.1, 0.15) is 16.9 Å². The minimum Gasteiger partial charge on any atom is -0.378 e. The summed E-state index contributed by atoms with van der Waals surface area (Å²) in [7, 11) is 0. The Morgan fingerprint density at radius 3 is 2.38 bits per heavy atom. The first-order valence-electron chi connectivity index (χ1n) is 7.04. The van der Waals surface area contributed by atoms with Crippen LogP contribution in [0.3, 0.4) is 0 Å². The highest BCUT2D eigenvalue weighted by atomic mass is 16.5. The van der Waals surface area contributed by atoms with Crippen molar-refractivity contribution >= 4 is 5.69 Å².